The van der Waals surface area contributed by atoms with Crippen molar-refractivity contribution in [2.24, 2.45) is 23.5 Å². The number of likely N-dealkylation sites (tertiary alicyclic amines) is 1. The van der Waals surface area contributed by atoms with Gasteiger partial charge >= 0.3 is 0 Å². The molecule has 0 aromatic carbocycles. The lowest BCUT2D eigenvalue weighted by atomic mass is 9.77. The highest BCUT2D eigenvalue weighted by molar-refractivity contribution is 4.94. The molecule has 2 nitrogen and oxygen atoms in total. The first kappa shape index (κ1) is 13.4. The molecule has 0 bridgehead atoms. The molecule has 100 valence electrons. The third-order valence-corrected chi connectivity index (χ3v) is 4.92. The van der Waals surface area contributed by atoms with Crippen LogP contribution in [0.15, 0.2) is 0 Å². The molecule has 2 aliphatic rings. The van der Waals surface area contributed by atoms with E-state index in [1.807, 2.05) is 0 Å². The second kappa shape index (κ2) is 5.27. The van der Waals surface area contributed by atoms with Crippen LogP contribution >= 0.6 is 0 Å². The number of rotatable bonds is 3. The van der Waals surface area contributed by atoms with Gasteiger partial charge in [0.2, 0.25) is 0 Å². The quantitative estimate of drug-likeness (QED) is 0.819. The highest BCUT2D eigenvalue weighted by atomic mass is 15.2. The Bertz CT molecular complexity index is 251. The van der Waals surface area contributed by atoms with Crippen molar-refractivity contribution in [3.63, 3.8) is 0 Å². The zero-order valence-electron chi connectivity index (χ0n) is 11.9. The van der Waals surface area contributed by atoms with E-state index in [4.69, 9.17) is 5.73 Å². The summed E-state index contributed by atoms with van der Waals surface area (Å²) in [4.78, 5) is 2.63. The fraction of sp³-hybridized carbons (Fsp3) is 1.00. The van der Waals surface area contributed by atoms with Crippen molar-refractivity contribution in [2.45, 2.75) is 58.4 Å². The van der Waals surface area contributed by atoms with Gasteiger partial charge in [-0.05, 0) is 43.6 Å². The minimum atomic E-state index is 0.115. The van der Waals surface area contributed by atoms with Crippen molar-refractivity contribution in [2.75, 3.05) is 19.6 Å². The van der Waals surface area contributed by atoms with Gasteiger partial charge in [-0.25, -0.2) is 0 Å². The van der Waals surface area contributed by atoms with Crippen molar-refractivity contribution in [3.05, 3.63) is 0 Å². The minimum absolute atomic E-state index is 0.115. The van der Waals surface area contributed by atoms with Crippen LogP contribution in [-0.4, -0.2) is 30.1 Å². The first-order chi connectivity index (χ1) is 7.98. The monoisotopic (exact) mass is 238 g/mol. The average Bonchev–Trinajstić information content (AvgIpc) is 2.64. The largest absolute Gasteiger partial charge is 0.324 e. The summed E-state index contributed by atoms with van der Waals surface area (Å²) < 4.78 is 0. The number of hydrogen-bond donors (Lipinski definition) is 1. The average molecular weight is 238 g/mol. The Kier molecular flexibility index (Phi) is 4.14. The van der Waals surface area contributed by atoms with E-state index in [-0.39, 0.29) is 5.54 Å². The maximum atomic E-state index is 6.61. The predicted molar refractivity (Wildman–Crippen MR) is 73.9 cm³/mol. The van der Waals surface area contributed by atoms with Crippen LogP contribution < -0.4 is 5.73 Å². The van der Waals surface area contributed by atoms with E-state index in [0.717, 1.165) is 24.3 Å². The van der Waals surface area contributed by atoms with E-state index in [1.54, 1.807) is 0 Å². The molecule has 2 heteroatoms. The summed E-state index contributed by atoms with van der Waals surface area (Å²) in [6, 6.07) is 0. The Balaban J connectivity index is 1.84. The molecule has 2 fully saturated rings. The van der Waals surface area contributed by atoms with E-state index >= 15 is 0 Å². The van der Waals surface area contributed by atoms with Crippen LogP contribution in [-0.2, 0) is 0 Å². The molecule has 1 aliphatic heterocycles. The van der Waals surface area contributed by atoms with Gasteiger partial charge in [0.1, 0.15) is 0 Å². The van der Waals surface area contributed by atoms with Crippen molar-refractivity contribution < 1.29 is 0 Å². The molecule has 0 aromatic rings. The summed E-state index contributed by atoms with van der Waals surface area (Å²) in [5.74, 6) is 2.57. The van der Waals surface area contributed by atoms with Crippen molar-refractivity contribution in [1.29, 1.82) is 0 Å². The normalized spacial score (nSPS) is 40.1. The standard InChI is InChI=1S/C15H30N2/c1-12(2)14-6-8-17(10-14)11-15(16)7-4-5-13(3)9-15/h12-14H,4-11,16H2,1-3H3. The highest BCUT2D eigenvalue weighted by Gasteiger charge is 2.35. The SMILES string of the molecule is CC1CCCC(N)(CN2CCC(C(C)C)C2)C1. The van der Waals surface area contributed by atoms with Gasteiger partial charge < -0.3 is 10.6 Å². The summed E-state index contributed by atoms with van der Waals surface area (Å²) in [6.07, 6.45) is 6.56. The lowest BCUT2D eigenvalue weighted by Crippen LogP contribution is -2.52. The molecular weight excluding hydrogens is 208 g/mol. The fourth-order valence-corrected chi connectivity index (χ4v) is 3.84. The number of nitrogens with zero attached hydrogens (tertiary/aromatic N) is 1. The van der Waals surface area contributed by atoms with Crippen LogP contribution in [0.4, 0.5) is 0 Å². The molecule has 0 radical (unpaired) electrons. The summed E-state index contributed by atoms with van der Waals surface area (Å²) in [5.41, 5.74) is 6.72. The van der Waals surface area contributed by atoms with Crippen LogP contribution in [0, 0.1) is 17.8 Å². The minimum Gasteiger partial charge on any atom is -0.324 e. The molecule has 0 amide bonds. The first-order valence-electron chi connectivity index (χ1n) is 7.50. The maximum absolute atomic E-state index is 6.61. The Hall–Kier alpha value is -0.0800. The van der Waals surface area contributed by atoms with Crippen molar-refractivity contribution in [1.82, 2.24) is 4.90 Å². The van der Waals surface area contributed by atoms with Crippen molar-refractivity contribution >= 4 is 0 Å². The van der Waals surface area contributed by atoms with Crippen molar-refractivity contribution in [3.8, 4) is 0 Å². The van der Waals surface area contributed by atoms with Gasteiger partial charge in [0, 0.05) is 18.6 Å². The number of hydrogen-bond acceptors (Lipinski definition) is 2. The van der Waals surface area contributed by atoms with Crippen LogP contribution in [0.5, 0.6) is 0 Å². The molecule has 0 aromatic heterocycles. The van der Waals surface area contributed by atoms with Gasteiger partial charge in [-0.15, -0.1) is 0 Å². The van der Waals surface area contributed by atoms with Crippen LogP contribution in [0.25, 0.3) is 0 Å². The van der Waals surface area contributed by atoms with E-state index in [9.17, 15) is 0 Å². The Morgan fingerprint density at radius 3 is 2.71 bits per heavy atom. The summed E-state index contributed by atoms with van der Waals surface area (Å²) in [5, 5.41) is 0. The van der Waals surface area contributed by atoms with E-state index < -0.39 is 0 Å². The van der Waals surface area contributed by atoms with E-state index in [2.05, 4.69) is 25.7 Å². The summed E-state index contributed by atoms with van der Waals surface area (Å²) >= 11 is 0. The predicted octanol–water partition coefficient (Wildman–Crippen LogP) is 2.87. The highest BCUT2D eigenvalue weighted by Crippen LogP contribution is 2.33. The van der Waals surface area contributed by atoms with E-state index in [0.29, 0.717) is 0 Å². The third kappa shape index (κ3) is 3.45. The third-order valence-electron chi connectivity index (χ3n) is 4.92. The van der Waals surface area contributed by atoms with E-state index in [1.165, 1.54) is 45.2 Å². The summed E-state index contributed by atoms with van der Waals surface area (Å²) in [7, 11) is 0. The zero-order valence-corrected chi connectivity index (χ0v) is 11.9. The first-order valence-corrected chi connectivity index (χ1v) is 7.50. The Morgan fingerprint density at radius 2 is 2.12 bits per heavy atom. The molecule has 1 saturated carbocycles. The zero-order chi connectivity index (χ0) is 12.5. The second-order valence-corrected chi connectivity index (χ2v) is 7.09. The van der Waals surface area contributed by atoms with Gasteiger partial charge in [0.15, 0.2) is 0 Å². The molecule has 1 heterocycles. The van der Waals surface area contributed by atoms with Gasteiger partial charge in [-0.2, -0.15) is 0 Å². The molecule has 2 N–H and O–H groups in total. The topological polar surface area (TPSA) is 29.3 Å². The molecule has 17 heavy (non-hydrogen) atoms. The molecule has 3 atom stereocenters. The molecule has 0 spiro atoms. The van der Waals surface area contributed by atoms with Gasteiger partial charge in [-0.3, -0.25) is 0 Å². The van der Waals surface area contributed by atoms with Crippen LogP contribution in [0.3, 0.4) is 0 Å². The molecular formula is C15H30N2. The second-order valence-electron chi connectivity index (χ2n) is 7.09. The molecule has 3 unspecified atom stereocenters. The lowest BCUT2D eigenvalue weighted by Gasteiger charge is -2.39. The van der Waals surface area contributed by atoms with Crippen LogP contribution in [0.1, 0.15) is 52.9 Å². The molecule has 1 saturated heterocycles. The lowest BCUT2D eigenvalue weighted by molar-refractivity contribution is 0.163. The Labute approximate surface area is 107 Å². The van der Waals surface area contributed by atoms with Gasteiger partial charge in [0.25, 0.3) is 0 Å². The van der Waals surface area contributed by atoms with Crippen LogP contribution in [0.2, 0.25) is 0 Å². The Morgan fingerprint density at radius 1 is 1.35 bits per heavy atom. The molecule has 1 aliphatic carbocycles. The summed E-state index contributed by atoms with van der Waals surface area (Å²) in [6.45, 7) is 10.8. The fourth-order valence-electron chi connectivity index (χ4n) is 3.84. The maximum Gasteiger partial charge on any atom is 0.0285 e. The smallest absolute Gasteiger partial charge is 0.0285 e. The number of nitrogens with two attached hydrogens (primary N) is 1. The van der Waals surface area contributed by atoms with Gasteiger partial charge in [0.05, 0.1) is 0 Å². The van der Waals surface area contributed by atoms with Gasteiger partial charge in [-0.1, -0.05) is 33.6 Å². The molecule has 2 rings (SSSR count).